The number of carbonyl (C=O) groups is 2. The third kappa shape index (κ3) is 6.68. The number of thioether (sulfide) groups is 1. The molecule has 0 saturated carbocycles. The normalized spacial score (nSPS) is 12.8. The van der Waals surface area contributed by atoms with E-state index in [0.717, 1.165) is 24.4 Å². The second kappa shape index (κ2) is 9.72. The van der Waals surface area contributed by atoms with Gasteiger partial charge in [-0.3, -0.25) is 4.79 Å². The minimum absolute atomic E-state index is 0.136. The first kappa shape index (κ1) is 21.4. The van der Waals surface area contributed by atoms with E-state index in [1.807, 2.05) is 0 Å². The average molecular weight is 387 g/mol. The summed E-state index contributed by atoms with van der Waals surface area (Å²) in [5.41, 5.74) is -1.54. The Morgan fingerprint density at radius 3 is 2.65 bits per heavy atom. The van der Waals surface area contributed by atoms with Crippen LogP contribution in [-0.2, 0) is 15.8 Å². The molecule has 0 aromatic heterocycles. The third-order valence-corrected chi connectivity index (χ3v) is 3.79. The van der Waals surface area contributed by atoms with Crippen LogP contribution in [-0.4, -0.2) is 35.0 Å². The molecule has 1 unspecified atom stereocenters. The molecule has 6 nitrogen and oxygen atoms in total. The van der Waals surface area contributed by atoms with E-state index >= 15 is 0 Å². The van der Waals surface area contributed by atoms with Gasteiger partial charge in [0.2, 0.25) is 0 Å². The molecule has 0 saturated heterocycles. The number of aliphatic carboxylic acids is 1. The van der Waals surface area contributed by atoms with Gasteiger partial charge in [0.15, 0.2) is 0 Å². The number of carbonyl (C=O) groups excluding carboxylic acids is 1. The molecule has 0 heterocycles. The third-order valence-electron chi connectivity index (χ3n) is 3.15. The summed E-state index contributed by atoms with van der Waals surface area (Å²) in [6, 6.07) is 4.54. The fourth-order valence-electron chi connectivity index (χ4n) is 1.82. The van der Waals surface area contributed by atoms with Crippen LogP contribution in [0.4, 0.5) is 18.9 Å². The molecule has 1 amide bonds. The Morgan fingerprint density at radius 1 is 1.42 bits per heavy atom. The van der Waals surface area contributed by atoms with E-state index < -0.39 is 35.2 Å². The van der Waals surface area contributed by atoms with Crippen molar-refractivity contribution in [3.05, 3.63) is 41.6 Å². The number of halogens is 3. The van der Waals surface area contributed by atoms with E-state index in [4.69, 9.17) is 10.4 Å². The molecule has 0 radical (unpaired) electrons. The van der Waals surface area contributed by atoms with Gasteiger partial charge in [-0.25, -0.2) is 4.79 Å². The fraction of sp³-hybridized carbons (Fsp3) is 0.312. The largest absolute Gasteiger partial charge is 0.480 e. The monoisotopic (exact) mass is 387 g/mol. The van der Waals surface area contributed by atoms with Gasteiger partial charge in [0.25, 0.3) is 5.91 Å². The predicted molar refractivity (Wildman–Crippen MR) is 91.3 cm³/mol. The van der Waals surface area contributed by atoms with Crippen molar-refractivity contribution in [1.82, 2.24) is 5.32 Å². The molecule has 0 bridgehead atoms. The van der Waals surface area contributed by atoms with E-state index in [-0.39, 0.29) is 12.1 Å². The van der Waals surface area contributed by atoms with Gasteiger partial charge >= 0.3 is 12.1 Å². The summed E-state index contributed by atoms with van der Waals surface area (Å²) in [5, 5.41) is 22.8. The predicted octanol–water partition coefficient (Wildman–Crippen LogP) is 2.85. The number of hydrogen-bond acceptors (Lipinski definition) is 5. The smallest absolute Gasteiger partial charge is 0.416 e. The maximum absolute atomic E-state index is 12.7. The summed E-state index contributed by atoms with van der Waals surface area (Å²) in [4.78, 5) is 23.1. The molecule has 26 heavy (non-hydrogen) atoms. The zero-order valence-electron chi connectivity index (χ0n) is 13.6. The summed E-state index contributed by atoms with van der Waals surface area (Å²) in [6.45, 7) is 0. The number of benzene rings is 1. The number of hydrogen-bond donors (Lipinski definition) is 3. The van der Waals surface area contributed by atoms with E-state index in [2.05, 4.69) is 10.6 Å². The van der Waals surface area contributed by atoms with Gasteiger partial charge in [0.1, 0.15) is 17.7 Å². The molecule has 0 aliphatic rings. The highest BCUT2D eigenvalue weighted by Gasteiger charge is 2.30. The van der Waals surface area contributed by atoms with Crippen molar-refractivity contribution in [3.8, 4) is 6.07 Å². The van der Waals surface area contributed by atoms with Crippen molar-refractivity contribution >= 4 is 29.3 Å². The maximum atomic E-state index is 12.7. The van der Waals surface area contributed by atoms with E-state index in [9.17, 15) is 22.8 Å². The molecule has 0 aliphatic heterocycles. The summed E-state index contributed by atoms with van der Waals surface area (Å²) in [6.07, 6.45) is -1.55. The topological polar surface area (TPSA) is 102 Å². The molecular formula is C16H16F3N3O3S. The summed E-state index contributed by atoms with van der Waals surface area (Å²) < 4.78 is 38.0. The second-order valence-electron chi connectivity index (χ2n) is 5.04. The van der Waals surface area contributed by atoms with Crippen molar-refractivity contribution in [2.24, 2.45) is 0 Å². The molecule has 10 heteroatoms. The lowest BCUT2D eigenvalue weighted by Gasteiger charge is -2.12. The number of nitrogens with zero attached hydrogens (tertiary/aromatic N) is 1. The van der Waals surface area contributed by atoms with Crippen LogP contribution >= 0.6 is 11.8 Å². The highest BCUT2D eigenvalue weighted by Crippen LogP contribution is 2.30. The van der Waals surface area contributed by atoms with Crippen molar-refractivity contribution in [2.45, 2.75) is 18.6 Å². The Bertz CT molecular complexity index is 729. The number of carboxylic acids is 1. The lowest BCUT2D eigenvalue weighted by molar-refractivity contribution is -0.139. The van der Waals surface area contributed by atoms with E-state index in [1.54, 1.807) is 12.3 Å². The SMILES string of the molecule is CSCCC(N/C=C(/C#N)C(=O)Nc1cccc(C(F)(F)F)c1)C(=O)O. The first-order valence-electron chi connectivity index (χ1n) is 7.25. The summed E-state index contributed by atoms with van der Waals surface area (Å²) in [5.74, 6) is -1.55. The number of alkyl halides is 3. The first-order valence-corrected chi connectivity index (χ1v) is 8.65. The minimum Gasteiger partial charge on any atom is -0.480 e. The molecule has 1 aromatic rings. The molecule has 3 N–H and O–H groups in total. The number of carboxylic acid groups (broad SMARTS) is 1. The first-order chi connectivity index (χ1) is 12.2. The molecule has 0 aliphatic carbocycles. The van der Waals surface area contributed by atoms with Crippen LogP contribution in [0.2, 0.25) is 0 Å². The number of anilines is 1. The quantitative estimate of drug-likeness (QED) is 0.468. The Balaban J connectivity index is 2.86. The standard InChI is InChI=1S/C16H16F3N3O3S/c1-26-6-5-13(15(24)25)21-9-10(8-20)14(23)22-12-4-2-3-11(7-12)16(17,18)19/h2-4,7,9,13,21H,5-6H2,1H3,(H,22,23)(H,24,25)/b10-9-. The highest BCUT2D eigenvalue weighted by molar-refractivity contribution is 7.98. The van der Waals surface area contributed by atoms with Crippen molar-refractivity contribution in [3.63, 3.8) is 0 Å². The van der Waals surface area contributed by atoms with Crippen LogP contribution in [0, 0.1) is 11.3 Å². The van der Waals surface area contributed by atoms with Crippen LogP contribution in [0.3, 0.4) is 0 Å². The van der Waals surface area contributed by atoms with Crippen molar-refractivity contribution in [2.75, 3.05) is 17.3 Å². The summed E-state index contributed by atoms with van der Waals surface area (Å²) >= 11 is 1.44. The molecule has 1 aromatic carbocycles. The Kier molecular flexibility index (Phi) is 7.99. The van der Waals surface area contributed by atoms with Crippen LogP contribution in [0.5, 0.6) is 0 Å². The van der Waals surface area contributed by atoms with Gasteiger partial charge in [-0.15, -0.1) is 0 Å². The van der Waals surface area contributed by atoms with E-state index in [1.165, 1.54) is 17.8 Å². The van der Waals surface area contributed by atoms with Crippen molar-refractivity contribution < 1.29 is 27.9 Å². The number of nitriles is 1. The highest BCUT2D eigenvalue weighted by atomic mass is 32.2. The zero-order chi connectivity index (χ0) is 19.7. The molecule has 1 atom stereocenters. The fourth-order valence-corrected chi connectivity index (χ4v) is 2.29. The Hall–Kier alpha value is -2.67. The second-order valence-corrected chi connectivity index (χ2v) is 6.03. The number of rotatable bonds is 8. The maximum Gasteiger partial charge on any atom is 0.416 e. The van der Waals surface area contributed by atoms with Gasteiger partial charge in [-0.2, -0.15) is 30.2 Å². The molecule has 1 rings (SSSR count). The minimum atomic E-state index is -4.57. The van der Waals surface area contributed by atoms with Crippen LogP contribution in [0.1, 0.15) is 12.0 Å². The lowest BCUT2D eigenvalue weighted by Crippen LogP contribution is -2.34. The summed E-state index contributed by atoms with van der Waals surface area (Å²) in [7, 11) is 0. The molecular weight excluding hydrogens is 371 g/mol. The Labute approximate surface area is 152 Å². The molecule has 0 spiro atoms. The van der Waals surface area contributed by atoms with Gasteiger partial charge in [0, 0.05) is 11.9 Å². The van der Waals surface area contributed by atoms with Gasteiger partial charge in [-0.05, 0) is 36.6 Å². The lowest BCUT2D eigenvalue weighted by atomic mass is 10.2. The van der Waals surface area contributed by atoms with Crippen LogP contribution in [0.25, 0.3) is 0 Å². The molecule has 0 fully saturated rings. The molecule has 140 valence electrons. The zero-order valence-corrected chi connectivity index (χ0v) is 14.4. The van der Waals surface area contributed by atoms with E-state index in [0.29, 0.717) is 5.75 Å². The Morgan fingerprint density at radius 2 is 2.12 bits per heavy atom. The van der Waals surface area contributed by atoms with Gasteiger partial charge in [0.05, 0.1) is 5.56 Å². The van der Waals surface area contributed by atoms with Gasteiger partial charge in [-0.1, -0.05) is 6.07 Å². The number of amides is 1. The average Bonchev–Trinajstić information content (AvgIpc) is 2.57. The van der Waals surface area contributed by atoms with Crippen molar-refractivity contribution in [1.29, 1.82) is 5.26 Å². The van der Waals surface area contributed by atoms with Crippen LogP contribution < -0.4 is 10.6 Å². The van der Waals surface area contributed by atoms with Gasteiger partial charge < -0.3 is 15.7 Å². The number of nitrogens with one attached hydrogen (secondary N) is 2. The van der Waals surface area contributed by atoms with Crippen LogP contribution in [0.15, 0.2) is 36.0 Å².